The van der Waals surface area contributed by atoms with Crippen molar-refractivity contribution < 1.29 is 17.9 Å². The molecule has 0 saturated carbocycles. The van der Waals surface area contributed by atoms with Gasteiger partial charge in [0.1, 0.15) is 0 Å². The third-order valence-electron chi connectivity index (χ3n) is 1.70. The number of ether oxygens (including phenoxy) is 1. The van der Waals surface area contributed by atoms with Crippen LogP contribution in [0.2, 0.25) is 0 Å². The van der Waals surface area contributed by atoms with Gasteiger partial charge in [-0.1, -0.05) is 12.1 Å². The smallest absolute Gasteiger partial charge is 0.337 e. The van der Waals surface area contributed by atoms with Crippen LogP contribution < -0.4 is 0 Å². The minimum atomic E-state index is -2.43. The van der Waals surface area contributed by atoms with Gasteiger partial charge < -0.3 is 4.74 Å². The SMILES string of the molecule is COC(=O)c1cccc(CN=S(=O)=O)c1. The molecule has 1 aromatic rings. The highest BCUT2D eigenvalue weighted by molar-refractivity contribution is 7.61. The molecular weight excluding hydrogens is 218 g/mol. The molecule has 5 nitrogen and oxygen atoms in total. The van der Waals surface area contributed by atoms with Crippen LogP contribution in [0.25, 0.3) is 0 Å². The van der Waals surface area contributed by atoms with Crippen molar-refractivity contribution in [3.8, 4) is 0 Å². The van der Waals surface area contributed by atoms with E-state index in [0.29, 0.717) is 11.1 Å². The molecule has 1 rings (SSSR count). The second-order valence-corrected chi connectivity index (χ2v) is 3.39. The van der Waals surface area contributed by atoms with Crippen molar-refractivity contribution in [1.29, 1.82) is 0 Å². The van der Waals surface area contributed by atoms with Crippen molar-refractivity contribution in [3.05, 3.63) is 35.4 Å². The summed E-state index contributed by atoms with van der Waals surface area (Å²) in [5.41, 5.74) is 1.02. The molecule has 0 amide bonds. The fourth-order valence-corrected chi connectivity index (χ4v) is 1.30. The highest BCUT2D eigenvalue weighted by Crippen LogP contribution is 2.07. The minimum Gasteiger partial charge on any atom is -0.465 e. The average molecular weight is 227 g/mol. The van der Waals surface area contributed by atoms with Crippen LogP contribution in [0.15, 0.2) is 28.6 Å². The van der Waals surface area contributed by atoms with E-state index in [0.717, 1.165) is 0 Å². The quantitative estimate of drug-likeness (QED) is 0.723. The molecule has 15 heavy (non-hydrogen) atoms. The largest absolute Gasteiger partial charge is 0.465 e. The first-order valence-electron chi connectivity index (χ1n) is 4.07. The molecule has 0 radical (unpaired) electrons. The molecule has 1 aromatic carbocycles. The van der Waals surface area contributed by atoms with E-state index in [9.17, 15) is 13.2 Å². The van der Waals surface area contributed by atoms with E-state index in [-0.39, 0.29) is 6.54 Å². The predicted octanol–water partition coefficient (Wildman–Crippen LogP) is 1.04. The molecule has 6 heteroatoms. The van der Waals surface area contributed by atoms with Crippen LogP contribution in [0.4, 0.5) is 0 Å². The third kappa shape index (κ3) is 3.51. The van der Waals surface area contributed by atoms with Crippen LogP contribution in [0.1, 0.15) is 15.9 Å². The monoisotopic (exact) mass is 227 g/mol. The maximum atomic E-state index is 11.1. The van der Waals surface area contributed by atoms with Crippen LogP contribution in [0.3, 0.4) is 0 Å². The van der Waals surface area contributed by atoms with E-state index in [1.807, 2.05) is 0 Å². The van der Waals surface area contributed by atoms with Gasteiger partial charge in [0.25, 0.3) is 0 Å². The van der Waals surface area contributed by atoms with Crippen LogP contribution in [-0.4, -0.2) is 21.5 Å². The molecule has 0 aliphatic heterocycles. The fraction of sp³-hybridized carbons (Fsp3) is 0.222. The molecule has 0 heterocycles. The Labute approximate surface area is 88.4 Å². The normalized spacial score (nSPS) is 9.40. The van der Waals surface area contributed by atoms with Gasteiger partial charge in [-0.2, -0.15) is 12.8 Å². The van der Waals surface area contributed by atoms with Gasteiger partial charge in [0.15, 0.2) is 0 Å². The second-order valence-electron chi connectivity index (χ2n) is 2.70. The molecule has 0 unspecified atom stereocenters. The summed E-state index contributed by atoms with van der Waals surface area (Å²) in [4.78, 5) is 11.1. The van der Waals surface area contributed by atoms with Crippen LogP contribution in [0, 0.1) is 0 Å². The Morgan fingerprint density at radius 1 is 1.47 bits per heavy atom. The molecule has 0 aliphatic carbocycles. The first kappa shape index (κ1) is 11.4. The zero-order chi connectivity index (χ0) is 11.3. The summed E-state index contributed by atoms with van der Waals surface area (Å²) in [5.74, 6) is -0.458. The highest BCUT2D eigenvalue weighted by atomic mass is 32.2. The summed E-state index contributed by atoms with van der Waals surface area (Å²) in [7, 11) is -1.14. The second kappa shape index (κ2) is 5.26. The number of carbonyl (C=O) groups excluding carboxylic acids is 1. The Morgan fingerprint density at radius 2 is 2.20 bits per heavy atom. The van der Waals surface area contributed by atoms with E-state index in [1.54, 1.807) is 24.3 Å². The Bertz CT molecular complexity index is 485. The molecular formula is C9H9NO4S. The zero-order valence-corrected chi connectivity index (χ0v) is 8.82. The lowest BCUT2D eigenvalue weighted by molar-refractivity contribution is 0.0600. The number of hydrogen-bond donors (Lipinski definition) is 0. The van der Waals surface area contributed by atoms with E-state index in [4.69, 9.17) is 0 Å². The Hall–Kier alpha value is -1.69. The lowest BCUT2D eigenvalue weighted by atomic mass is 10.1. The minimum absolute atomic E-state index is 0.0287. The van der Waals surface area contributed by atoms with E-state index in [2.05, 4.69) is 9.10 Å². The fourth-order valence-electron chi connectivity index (χ4n) is 1.04. The predicted molar refractivity (Wildman–Crippen MR) is 52.8 cm³/mol. The number of hydrogen-bond acceptors (Lipinski definition) is 5. The van der Waals surface area contributed by atoms with Crippen molar-refractivity contribution in [1.82, 2.24) is 0 Å². The topological polar surface area (TPSA) is 72.8 Å². The van der Waals surface area contributed by atoms with Gasteiger partial charge in [0.05, 0.1) is 19.2 Å². The van der Waals surface area contributed by atoms with Gasteiger partial charge in [-0.3, -0.25) is 0 Å². The maximum absolute atomic E-state index is 11.1. The van der Waals surface area contributed by atoms with Gasteiger partial charge in [-0.25, -0.2) is 4.79 Å². The number of nitrogens with zero attached hydrogens (tertiary/aromatic N) is 1. The summed E-state index contributed by atoms with van der Waals surface area (Å²) in [6.07, 6.45) is 0. The van der Waals surface area contributed by atoms with Crippen molar-refractivity contribution in [3.63, 3.8) is 0 Å². The van der Waals surface area contributed by atoms with Crippen LogP contribution in [-0.2, 0) is 21.8 Å². The number of esters is 1. The molecule has 0 aromatic heterocycles. The lowest BCUT2D eigenvalue weighted by Crippen LogP contribution is -2.01. The van der Waals surface area contributed by atoms with E-state index >= 15 is 0 Å². The standard InChI is InChI=1S/C9H9NO4S/c1-14-9(11)8-4-2-3-7(5-8)6-10-15(12)13/h2-5H,6H2,1H3. The van der Waals surface area contributed by atoms with Crippen molar-refractivity contribution in [2.45, 2.75) is 6.54 Å². The number of benzene rings is 1. The molecule has 0 aliphatic rings. The molecule has 0 atom stereocenters. The zero-order valence-electron chi connectivity index (χ0n) is 8.00. The third-order valence-corrected chi connectivity index (χ3v) is 2.04. The summed E-state index contributed by atoms with van der Waals surface area (Å²) in [6.45, 7) is 0.0287. The Morgan fingerprint density at radius 3 is 2.80 bits per heavy atom. The Balaban J connectivity index is 2.92. The highest BCUT2D eigenvalue weighted by Gasteiger charge is 2.04. The molecule has 80 valence electrons. The van der Waals surface area contributed by atoms with E-state index < -0.39 is 16.5 Å². The van der Waals surface area contributed by atoms with E-state index in [1.165, 1.54) is 7.11 Å². The van der Waals surface area contributed by atoms with Crippen molar-refractivity contribution in [2.75, 3.05) is 7.11 Å². The molecule has 0 N–H and O–H groups in total. The molecule has 0 spiro atoms. The summed E-state index contributed by atoms with van der Waals surface area (Å²) in [6, 6.07) is 6.46. The Kier molecular flexibility index (Phi) is 3.99. The summed E-state index contributed by atoms with van der Waals surface area (Å²) in [5, 5.41) is 0. The molecule has 0 fully saturated rings. The van der Waals surface area contributed by atoms with Crippen molar-refractivity contribution >= 4 is 16.5 Å². The first-order chi connectivity index (χ1) is 7.13. The summed E-state index contributed by atoms with van der Waals surface area (Å²) >= 11 is 0. The number of rotatable bonds is 3. The van der Waals surface area contributed by atoms with Crippen LogP contribution in [0.5, 0.6) is 0 Å². The van der Waals surface area contributed by atoms with Gasteiger partial charge in [0.2, 0.25) is 0 Å². The van der Waals surface area contributed by atoms with Gasteiger partial charge in [0, 0.05) is 0 Å². The molecule has 0 bridgehead atoms. The first-order valence-corrected chi connectivity index (χ1v) is 5.11. The lowest BCUT2D eigenvalue weighted by Gasteiger charge is -2.00. The average Bonchev–Trinajstić information content (AvgIpc) is 2.25. The van der Waals surface area contributed by atoms with Gasteiger partial charge in [-0.15, -0.1) is 0 Å². The maximum Gasteiger partial charge on any atom is 0.337 e. The van der Waals surface area contributed by atoms with Crippen molar-refractivity contribution in [2.24, 2.45) is 4.36 Å². The van der Waals surface area contributed by atoms with Crippen LogP contribution >= 0.6 is 0 Å². The molecule has 0 saturated heterocycles. The summed E-state index contributed by atoms with van der Waals surface area (Å²) < 4.78 is 28.2. The number of carbonyl (C=O) groups is 1. The number of methoxy groups -OCH3 is 1. The van der Waals surface area contributed by atoms with Gasteiger partial charge in [-0.05, 0) is 17.7 Å². The van der Waals surface area contributed by atoms with Gasteiger partial charge >= 0.3 is 16.5 Å².